The molecular formula is C19H20N2O3. The highest BCUT2D eigenvalue weighted by Crippen LogP contribution is 2.27. The van der Waals surface area contributed by atoms with Crippen molar-refractivity contribution >= 4 is 17.5 Å². The largest absolute Gasteiger partial charge is 0.484 e. The predicted molar refractivity (Wildman–Crippen MR) is 92.2 cm³/mol. The standard InChI is InChI=1S/C19H20N2O3/c1-14-5-4-7-16(11-14)24-13-18(22)20-9-10-21-17-8-3-2-6-15(17)12-19(21)23/h2-8,11H,9-10,12-13H2,1H3,(H,20,22). The number of fused-ring (bicyclic) bond motifs is 1. The molecule has 0 aromatic heterocycles. The normalized spacial score (nSPS) is 12.9. The molecule has 0 unspecified atom stereocenters. The molecule has 0 radical (unpaired) electrons. The summed E-state index contributed by atoms with van der Waals surface area (Å²) in [5, 5.41) is 2.79. The molecule has 1 N–H and O–H groups in total. The van der Waals surface area contributed by atoms with Crippen molar-refractivity contribution in [2.75, 3.05) is 24.6 Å². The van der Waals surface area contributed by atoms with Gasteiger partial charge in [0.25, 0.3) is 5.91 Å². The Kier molecular flexibility index (Phi) is 4.79. The summed E-state index contributed by atoms with van der Waals surface area (Å²) in [6.45, 7) is 2.80. The zero-order valence-corrected chi connectivity index (χ0v) is 13.6. The molecule has 0 spiro atoms. The highest BCUT2D eigenvalue weighted by Gasteiger charge is 2.26. The molecule has 24 heavy (non-hydrogen) atoms. The first-order valence-corrected chi connectivity index (χ1v) is 7.98. The van der Waals surface area contributed by atoms with Crippen LogP contribution in [0.4, 0.5) is 5.69 Å². The van der Waals surface area contributed by atoms with Crippen LogP contribution in [0.1, 0.15) is 11.1 Å². The number of rotatable bonds is 6. The number of hydrogen-bond acceptors (Lipinski definition) is 3. The van der Waals surface area contributed by atoms with E-state index in [9.17, 15) is 9.59 Å². The first-order chi connectivity index (χ1) is 11.6. The van der Waals surface area contributed by atoms with E-state index in [0.29, 0.717) is 25.3 Å². The van der Waals surface area contributed by atoms with Gasteiger partial charge in [-0.1, -0.05) is 30.3 Å². The molecule has 0 fully saturated rings. The summed E-state index contributed by atoms with van der Waals surface area (Å²) >= 11 is 0. The van der Waals surface area contributed by atoms with Crippen LogP contribution in [0.2, 0.25) is 0 Å². The minimum Gasteiger partial charge on any atom is -0.484 e. The molecule has 2 aromatic rings. The molecule has 2 aromatic carbocycles. The summed E-state index contributed by atoms with van der Waals surface area (Å²) in [6.07, 6.45) is 0.431. The Bertz CT molecular complexity index is 758. The Labute approximate surface area is 141 Å². The number of para-hydroxylation sites is 1. The van der Waals surface area contributed by atoms with Gasteiger partial charge in [0.1, 0.15) is 5.75 Å². The zero-order chi connectivity index (χ0) is 16.9. The smallest absolute Gasteiger partial charge is 0.258 e. The molecule has 5 heteroatoms. The van der Waals surface area contributed by atoms with Gasteiger partial charge in [0.15, 0.2) is 6.61 Å². The lowest BCUT2D eigenvalue weighted by atomic mass is 10.2. The Morgan fingerprint density at radius 2 is 2.04 bits per heavy atom. The molecule has 124 valence electrons. The molecule has 1 heterocycles. The van der Waals surface area contributed by atoms with Crippen molar-refractivity contribution < 1.29 is 14.3 Å². The number of nitrogens with zero attached hydrogens (tertiary/aromatic N) is 1. The van der Waals surface area contributed by atoms with E-state index in [1.165, 1.54) is 0 Å². The van der Waals surface area contributed by atoms with Crippen molar-refractivity contribution in [2.45, 2.75) is 13.3 Å². The Morgan fingerprint density at radius 3 is 2.88 bits per heavy atom. The van der Waals surface area contributed by atoms with Crippen molar-refractivity contribution in [3.63, 3.8) is 0 Å². The molecular weight excluding hydrogens is 304 g/mol. The van der Waals surface area contributed by atoms with Gasteiger partial charge in [-0.3, -0.25) is 9.59 Å². The van der Waals surface area contributed by atoms with E-state index in [-0.39, 0.29) is 18.4 Å². The van der Waals surface area contributed by atoms with Gasteiger partial charge in [-0.15, -0.1) is 0 Å². The van der Waals surface area contributed by atoms with Crippen LogP contribution in [0, 0.1) is 6.92 Å². The lowest BCUT2D eigenvalue weighted by molar-refractivity contribution is -0.123. The summed E-state index contributed by atoms with van der Waals surface area (Å²) < 4.78 is 5.46. The third kappa shape index (κ3) is 3.74. The molecule has 1 aliphatic rings. The number of amides is 2. The van der Waals surface area contributed by atoms with E-state index in [1.807, 2.05) is 55.5 Å². The van der Waals surface area contributed by atoms with Crippen LogP contribution in [-0.4, -0.2) is 31.5 Å². The molecule has 2 amide bonds. The Morgan fingerprint density at radius 1 is 1.21 bits per heavy atom. The van der Waals surface area contributed by atoms with Gasteiger partial charge in [0, 0.05) is 18.8 Å². The van der Waals surface area contributed by atoms with Crippen molar-refractivity contribution in [1.82, 2.24) is 5.32 Å². The van der Waals surface area contributed by atoms with Gasteiger partial charge < -0.3 is 15.0 Å². The lowest BCUT2D eigenvalue weighted by Gasteiger charge is -2.17. The van der Waals surface area contributed by atoms with E-state index >= 15 is 0 Å². The number of nitrogens with one attached hydrogen (secondary N) is 1. The maximum atomic E-state index is 12.0. The molecule has 0 aliphatic carbocycles. The van der Waals surface area contributed by atoms with Crippen molar-refractivity contribution in [3.8, 4) is 5.75 Å². The van der Waals surface area contributed by atoms with Crippen LogP contribution in [-0.2, 0) is 16.0 Å². The van der Waals surface area contributed by atoms with Crippen LogP contribution < -0.4 is 15.0 Å². The van der Waals surface area contributed by atoms with Gasteiger partial charge in [0.05, 0.1) is 6.42 Å². The van der Waals surface area contributed by atoms with E-state index < -0.39 is 0 Å². The number of hydrogen-bond donors (Lipinski definition) is 1. The highest BCUT2D eigenvalue weighted by molar-refractivity contribution is 6.01. The quantitative estimate of drug-likeness (QED) is 0.885. The van der Waals surface area contributed by atoms with Crippen molar-refractivity contribution in [3.05, 3.63) is 59.7 Å². The topological polar surface area (TPSA) is 58.6 Å². The van der Waals surface area contributed by atoms with E-state index in [0.717, 1.165) is 16.8 Å². The van der Waals surface area contributed by atoms with Gasteiger partial charge in [-0.25, -0.2) is 0 Å². The zero-order valence-electron chi connectivity index (χ0n) is 13.6. The van der Waals surface area contributed by atoms with Crippen LogP contribution in [0.3, 0.4) is 0 Å². The third-order valence-electron chi connectivity index (χ3n) is 3.94. The second kappa shape index (κ2) is 7.17. The molecule has 3 rings (SSSR count). The second-order valence-corrected chi connectivity index (χ2v) is 5.81. The number of benzene rings is 2. The minimum absolute atomic E-state index is 0.0337. The highest BCUT2D eigenvalue weighted by atomic mass is 16.5. The fourth-order valence-corrected chi connectivity index (χ4v) is 2.77. The molecule has 0 atom stereocenters. The predicted octanol–water partition coefficient (Wildman–Crippen LogP) is 2.08. The number of carbonyl (C=O) groups excluding carboxylic acids is 2. The maximum absolute atomic E-state index is 12.0. The van der Waals surface area contributed by atoms with Crippen molar-refractivity contribution in [2.24, 2.45) is 0 Å². The molecule has 1 aliphatic heterocycles. The van der Waals surface area contributed by atoms with Gasteiger partial charge in [0.2, 0.25) is 5.91 Å². The Hall–Kier alpha value is -2.82. The molecule has 0 bridgehead atoms. The monoisotopic (exact) mass is 324 g/mol. The minimum atomic E-state index is -0.198. The summed E-state index contributed by atoms with van der Waals surface area (Å²) in [4.78, 5) is 25.6. The summed E-state index contributed by atoms with van der Waals surface area (Å²) in [7, 11) is 0. The number of anilines is 1. The van der Waals surface area contributed by atoms with Crippen molar-refractivity contribution in [1.29, 1.82) is 0 Å². The van der Waals surface area contributed by atoms with Gasteiger partial charge in [-0.05, 0) is 36.2 Å². The fraction of sp³-hybridized carbons (Fsp3) is 0.263. The van der Waals surface area contributed by atoms with Gasteiger partial charge in [-0.2, -0.15) is 0 Å². The van der Waals surface area contributed by atoms with Gasteiger partial charge >= 0.3 is 0 Å². The molecule has 5 nitrogen and oxygen atoms in total. The SMILES string of the molecule is Cc1cccc(OCC(=O)NCCN2C(=O)Cc3ccccc32)c1. The first kappa shape index (κ1) is 16.1. The number of carbonyl (C=O) groups is 2. The summed E-state index contributed by atoms with van der Waals surface area (Å²) in [6, 6.07) is 15.3. The third-order valence-corrected chi connectivity index (χ3v) is 3.94. The van der Waals surface area contributed by atoms with Crippen LogP contribution in [0.15, 0.2) is 48.5 Å². The second-order valence-electron chi connectivity index (χ2n) is 5.81. The first-order valence-electron chi connectivity index (χ1n) is 7.98. The van der Waals surface area contributed by atoms with Crippen LogP contribution in [0.25, 0.3) is 0 Å². The van der Waals surface area contributed by atoms with E-state index in [2.05, 4.69) is 5.32 Å². The average Bonchev–Trinajstić information content (AvgIpc) is 2.89. The number of aryl methyl sites for hydroxylation is 1. The summed E-state index contributed by atoms with van der Waals surface area (Å²) in [5.74, 6) is 0.548. The van der Waals surface area contributed by atoms with Crippen LogP contribution >= 0.6 is 0 Å². The average molecular weight is 324 g/mol. The fourth-order valence-electron chi connectivity index (χ4n) is 2.77. The van der Waals surface area contributed by atoms with E-state index in [4.69, 9.17) is 4.74 Å². The Balaban J connectivity index is 1.45. The molecule has 0 saturated heterocycles. The lowest BCUT2D eigenvalue weighted by Crippen LogP contribution is -2.38. The van der Waals surface area contributed by atoms with Crippen LogP contribution in [0.5, 0.6) is 5.75 Å². The summed E-state index contributed by atoms with van der Waals surface area (Å²) in [5.41, 5.74) is 3.06. The maximum Gasteiger partial charge on any atom is 0.258 e. The van der Waals surface area contributed by atoms with E-state index in [1.54, 1.807) is 4.90 Å². The number of ether oxygens (including phenoxy) is 1. The molecule has 0 saturated carbocycles.